The number of nitrogens with one attached hydrogen (secondary N) is 1. The minimum atomic E-state index is -1.66. The second kappa shape index (κ2) is 5.14. The third-order valence-corrected chi connectivity index (χ3v) is 2.67. The van der Waals surface area contributed by atoms with Crippen LogP contribution in [0.3, 0.4) is 0 Å². The highest BCUT2D eigenvalue weighted by Gasteiger charge is 2.19. The second-order valence-corrected chi connectivity index (χ2v) is 3.99. The molecule has 0 aromatic heterocycles. The molecule has 2 rings (SSSR count). The third kappa shape index (κ3) is 2.59. The van der Waals surface area contributed by atoms with E-state index in [4.69, 9.17) is 0 Å². The summed E-state index contributed by atoms with van der Waals surface area (Å²) in [4.78, 5) is 11.8. The van der Waals surface area contributed by atoms with Gasteiger partial charge in [-0.05, 0) is 30.7 Å². The number of hydrogen-bond donors (Lipinski definition) is 1. The number of para-hydroxylation sites is 1. The molecule has 0 saturated heterocycles. The molecule has 0 aliphatic carbocycles. The number of amides is 1. The lowest BCUT2D eigenvalue weighted by Crippen LogP contribution is -2.15. The van der Waals surface area contributed by atoms with Crippen molar-refractivity contribution in [3.8, 4) is 0 Å². The molecule has 5 heteroatoms. The second-order valence-electron chi connectivity index (χ2n) is 3.99. The Hall–Kier alpha value is -2.30. The van der Waals surface area contributed by atoms with E-state index in [1.54, 1.807) is 31.2 Å². The van der Waals surface area contributed by atoms with Crippen LogP contribution in [0.15, 0.2) is 36.4 Å². The Kier molecular flexibility index (Phi) is 3.55. The Labute approximate surface area is 107 Å². The van der Waals surface area contributed by atoms with E-state index in [0.717, 1.165) is 11.6 Å². The molecule has 1 amide bonds. The van der Waals surface area contributed by atoms with Gasteiger partial charge < -0.3 is 5.32 Å². The number of carbonyl (C=O) groups excluding carboxylic acids is 1. The average molecular weight is 265 g/mol. The van der Waals surface area contributed by atoms with E-state index in [0.29, 0.717) is 11.8 Å². The van der Waals surface area contributed by atoms with Gasteiger partial charge in [0.25, 0.3) is 5.91 Å². The van der Waals surface area contributed by atoms with Crippen molar-refractivity contribution in [3.05, 3.63) is 65.0 Å². The highest BCUT2D eigenvalue weighted by molar-refractivity contribution is 6.04. The number of rotatable bonds is 2. The van der Waals surface area contributed by atoms with Crippen molar-refractivity contribution in [1.82, 2.24) is 0 Å². The molecule has 2 aromatic rings. The summed E-state index contributed by atoms with van der Waals surface area (Å²) in [6.45, 7) is 1.76. The Morgan fingerprint density at radius 2 is 1.68 bits per heavy atom. The van der Waals surface area contributed by atoms with Gasteiger partial charge in [0.2, 0.25) is 0 Å². The van der Waals surface area contributed by atoms with E-state index >= 15 is 0 Å². The van der Waals surface area contributed by atoms with E-state index in [2.05, 4.69) is 5.32 Å². The Morgan fingerprint density at radius 3 is 2.37 bits per heavy atom. The number of hydrogen-bond acceptors (Lipinski definition) is 1. The van der Waals surface area contributed by atoms with Gasteiger partial charge in [0.1, 0.15) is 0 Å². The summed E-state index contributed by atoms with van der Waals surface area (Å²) in [5, 5.41) is 2.45. The maximum Gasteiger partial charge on any atom is 0.258 e. The van der Waals surface area contributed by atoms with Crippen LogP contribution in [0.2, 0.25) is 0 Å². The normalized spacial score (nSPS) is 10.3. The van der Waals surface area contributed by atoms with Crippen LogP contribution in [0.25, 0.3) is 0 Å². The highest BCUT2D eigenvalue weighted by Crippen LogP contribution is 2.18. The first-order chi connectivity index (χ1) is 9.00. The van der Waals surface area contributed by atoms with Crippen LogP contribution in [0.4, 0.5) is 18.9 Å². The largest absolute Gasteiger partial charge is 0.322 e. The van der Waals surface area contributed by atoms with E-state index in [9.17, 15) is 18.0 Å². The number of carbonyl (C=O) groups is 1. The number of halogens is 3. The smallest absolute Gasteiger partial charge is 0.258 e. The van der Waals surface area contributed by atoms with Crippen molar-refractivity contribution < 1.29 is 18.0 Å². The molecule has 0 bridgehead atoms. The summed E-state index contributed by atoms with van der Waals surface area (Å²) in [6.07, 6.45) is 0. The van der Waals surface area contributed by atoms with Gasteiger partial charge >= 0.3 is 0 Å². The molecular weight excluding hydrogens is 255 g/mol. The van der Waals surface area contributed by atoms with E-state index in [1.165, 1.54) is 0 Å². The van der Waals surface area contributed by atoms with Crippen molar-refractivity contribution in [2.24, 2.45) is 0 Å². The predicted octanol–water partition coefficient (Wildman–Crippen LogP) is 3.66. The fraction of sp³-hybridized carbons (Fsp3) is 0.0714. The van der Waals surface area contributed by atoms with Gasteiger partial charge in [-0.15, -0.1) is 0 Å². The third-order valence-electron chi connectivity index (χ3n) is 2.67. The Balaban J connectivity index is 2.31. The van der Waals surface area contributed by atoms with Crippen LogP contribution in [-0.2, 0) is 0 Å². The first-order valence-electron chi connectivity index (χ1n) is 5.51. The molecule has 0 unspecified atom stereocenters. The van der Waals surface area contributed by atoms with Gasteiger partial charge in [0.15, 0.2) is 17.5 Å². The summed E-state index contributed by atoms with van der Waals surface area (Å²) >= 11 is 0. The van der Waals surface area contributed by atoms with Crippen molar-refractivity contribution in [1.29, 1.82) is 0 Å². The van der Waals surface area contributed by atoms with Crippen LogP contribution < -0.4 is 5.32 Å². The fourth-order valence-corrected chi connectivity index (χ4v) is 1.60. The number of aryl methyl sites for hydroxylation is 1. The first kappa shape index (κ1) is 13.1. The van der Waals surface area contributed by atoms with Crippen molar-refractivity contribution in [2.45, 2.75) is 6.92 Å². The zero-order valence-electron chi connectivity index (χ0n) is 10.0. The van der Waals surface area contributed by atoms with Crippen molar-refractivity contribution in [2.75, 3.05) is 5.32 Å². The lowest BCUT2D eigenvalue weighted by Gasteiger charge is -2.09. The summed E-state index contributed by atoms with van der Waals surface area (Å²) in [7, 11) is 0. The molecule has 0 radical (unpaired) electrons. The Bertz CT molecular complexity index is 641. The monoisotopic (exact) mass is 265 g/mol. The van der Waals surface area contributed by atoms with E-state index in [-0.39, 0.29) is 0 Å². The quantitative estimate of drug-likeness (QED) is 0.825. The van der Waals surface area contributed by atoms with Crippen molar-refractivity contribution in [3.63, 3.8) is 0 Å². The van der Waals surface area contributed by atoms with Crippen LogP contribution in [-0.4, -0.2) is 5.91 Å². The SMILES string of the molecule is Cc1ccccc1NC(=O)c1ccc(F)c(F)c1F. The molecule has 0 atom stereocenters. The minimum Gasteiger partial charge on any atom is -0.322 e. The van der Waals surface area contributed by atoms with Crippen molar-refractivity contribution >= 4 is 11.6 Å². The van der Waals surface area contributed by atoms with Gasteiger partial charge in [-0.2, -0.15) is 0 Å². The van der Waals surface area contributed by atoms with Crippen LogP contribution in [0.5, 0.6) is 0 Å². The van der Waals surface area contributed by atoms with Gasteiger partial charge in [-0.25, -0.2) is 13.2 Å². The molecule has 1 N–H and O–H groups in total. The first-order valence-corrected chi connectivity index (χ1v) is 5.51. The molecule has 0 fully saturated rings. The molecule has 0 aliphatic rings. The molecule has 98 valence electrons. The maximum absolute atomic E-state index is 13.4. The van der Waals surface area contributed by atoms with Gasteiger partial charge in [-0.1, -0.05) is 18.2 Å². The van der Waals surface area contributed by atoms with Gasteiger partial charge in [0.05, 0.1) is 5.56 Å². The molecule has 2 aromatic carbocycles. The predicted molar refractivity (Wildman–Crippen MR) is 65.4 cm³/mol. The van der Waals surface area contributed by atoms with E-state index < -0.39 is 28.9 Å². The number of benzene rings is 2. The lowest BCUT2D eigenvalue weighted by atomic mass is 10.1. The standard InChI is InChI=1S/C14H10F3NO/c1-8-4-2-3-5-11(8)18-14(19)9-6-7-10(15)13(17)12(9)16/h2-7H,1H3,(H,18,19). The molecule has 2 nitrogen and oxygen atoms in total. The lowest BCUT2D eigenvalue weighted by molar-refractivity contribution is 0.102. The zero-order valence-corrected chi connectivity index (χ0v) is 10.0. The van der Waals surface area contributed by atoms with Crippen LogP contribution in [0.1, 0.15) is 15.9 Å². The van der Waals surface area contributed by atoms with Crippen LogP contribution in [0, 0.1) is 24.4 Å². The molecule has 0 saturated carbocycles. The molecule has 0 spiro atoms. The summed E-state index contributed by atoms with van der Waals surface area (Å²) < 4.78 is 39.2. The molecule has 0 aliphatic heterocycles. The van der Waals surface area contributed by atoms with Crippen LogP contribution >= 0.6 is 0 Å². The summed E-state index contributed by atoms with van der Waals surface area (Å²) in [6, 6.07) is 8.49. The van der Waals surface area contributed by atoms with Gasteiger partial charge in [0, 0.05) is 5.69 Å². The minimum absolute atomic E-state index is 0.483. The number of anilines is 1. The molecular formula is C14H10F3NO. The molecule has 19 heavy (non-hydrogen) atoms. The van der Waals surface area contributed by atoms with E-state index in [1.807, 2.05) is 0 Å². The highest BCUT2D eigenvalue weighted by atomic mass is 19.2. The zero-order chi connectivity index (χ0) is 14.0. The molecule has 0 heterocycles. The Morgan fingerprint density at radius 1 is 1.00 bits per heavy atom. The fourth-order valence-electron chi connectivity index (χ4n) is 1.60. The summed E-state index contributed by atoms with van der Waals surface area (Å²) in [5.41, 5.74) is 0.720. The topological polar surface area (TPSA) is 29.1 Å². The average Bonchev–Trinajstić information content (AvgIpc) is 2.39. The van der Waals surface area contributed by atoms with Gasteiger partial charge in [-0.3, -0.25) is 4.79 Å². The maximum atomic E-state index is 13.4. The summed E-state index contributed by atoms with van der Waals surface area (Å²) in [5.74, 6) is -5.31.